The third-order valence-electron chi connectivity index (χ3n) is 1.67. The van der Waals surface area contributed by atoms with Crippen LogP contribution in [0.4, 0.5) is 13.2 Å². The van der Waals surface area contributed by atoms with E-state index in [4.69, 9.17) is 5.41 Å². The Morgan fingerprint density at radius 1 is 1.46 bits per heavy atom. The number of nitrogens with one attached hydrogen (secondary N) is 3. The molecule has 13 heavy (non-hydrogen) atoms. The van der Waals surface area contributed by atoms with E-state index >= 15 is 0 Å². The van der Waals surface area contributed by atoms with Gasteiger partial charge in [0.05, 0.1) is 6.04 Å². The summed E-state index contributed by atoms with van der Waals surface area (Å²) in [5.74, 6) is 0. The molecule has 0 bridgehead atoms. The predicted octanol–water partition coefficient (Wildman–Crippen LogP) is 0.644. The number of halogens is 3. The minimum absolute atomic E-state index is 0.192. The molecule has 1 aliphatic rings. The van der Waals surface area contributed by atoms with E-state index in [9.17, 15) is 13.2 Å². The molecule has 1 saturated heterocycles. The molecule has 1 fully saturated rings. The predicted molar refractivity (Wildman–Crippen MR) is 42.7 cm³/mol. The normalized spacial score (nSPS) is 18.7. The summed E-state index contributed by atoms with van der Waals surface area (Å²) in [4.78, 5) is 0. The van der Waals surface area contributed by atoms with E-state index in [1.807, 2.05) is 0 Å². The van der Waals surface area contributed by atoms with Crippen molar-refractivity contribution in [2.75, 3.05) is 13.1 Å². The molecule has 0 unspecified atom stereocenters. The molecule has 74 valence electrons. The Bertz CT molecular complexity index is 218. The Morgan fingerprint density at radius 2 is 2.08 bits per heavy atom. The molecular weight excluding hydrogens is 183 g/mol. The van der Waals surface area contributed by atoms with Crippen molar-refractivity contribution in [1.82, 2.24) is 10.6 Å². The van der Waals surface area contributed by atoms with Gasteiger partial charge in [-0.2, -0.15) is 13.2 Å². The average Bonchev–Trinajstić information content (AvgIpc) is 1.91. The molecule has 0 radical (unpaired) electrons. The summed E-state index contributed by atoms with van der Waals surface area (Å²) in [5.41, 5.74) is -1.34. The molecule has 0 aliphatic carbocycles. The number of rotatable bonds is 3. The fourth-order valence-corrected chi connectivity index (χ4v) is 0.769. The minimum Gasteiger partial charge on any atom is -0.386 e. The van der Waals surface area contributed by atoms with E-state index in [0.29, 0.717) is 0 Å². The molecule has 6 heteroatoms. The Kier molecular flexibility index (Phi) is 2.92. The summed E-state index contributed by atoms with van der Waals surface area (Å²) < 4.78 is 35.3. The van der Waals surface area contributed by atoms with Gasteiger partial charge < -0.3 is 10.6 Å². The maximum absolute atomic E-state index is 11.8. The second-order valence-electron chi connectivity index (χ2n) is 2.77. The molecule has 0 atom stereocenters. The smallest absolute Gasteiger partial charge is 0.386 e. The number of hydrogen-bond acceptors (Lipinski definition) is 3. The summed E-state index contributed by atoms with van der Waals surface area (Å²) in [6, 6.07) is 0.192. The first-order chi connectivity index (χ1) is 6.00. The van der Waals surface area contributed by atoms with Crippen molar-refractivity contribution in [2.45, 2.75) is 12.2 Å². The average molecular weight is 193 g/mol. The molecule has 0 aromatic rings. The van der Waals surface area contributed by atoms with Gasteiger partial charge in [-0.25, -0.2) is 0 Å². The lowest BCUT2D eigenvalue weighted by molar-refractivity contribution is -0.0584. The van der Waals surface area contributed by atoms with Crippen molar-refractivity contribution in [2.24, 2.45) is 0 Å². The third-order valence-corrected chi connectivity index (χ3v) is 1.67. The van der Waals surface area contributed by atoms with Crippen LogP contribution in [0.25, 0.3) is 0 Å². The van der Waals surface area contributed by atoms with E-state index in [1.54, 1.807) is 0 Å². The van der Waals surface area contributed by atoms with E-state index in [-0.39, 0.29) is 6.04 Å². The van der Waals surface area contributed by atoms with Crippen LogP contribution in [0.15, 0.2) is 12.3 Å². The second kappa shape index (κ2) is 3.78. The maximum Gasteiger partial charge on any atom is 0.432 e. The highest BCUT2D eigenvalue weighted by Gasteiger charge is 2.32. The fraction of sp³-hybridized carbons (Fsp3) is 0.571. The van der Waals surface area contributed by atoms with Crippen LogP contribution in [0.3, 0.4) is 0 Å². The van der Waals surface area contributed by atoms with E-state index in [1.165, 1.54) is 6.20 Å². The van der Waals surface area contributed by atoms with Gasteiger partial charge >= 0.3 is 6.18 Å². The van der Waals surface area contributed by atoms with Crippen LogP contribution in [0.2, 0.25) is 0 Å². The molecule has 3 nitrogen and oxygen atoms in total. The van der Waals surface area contributed by atoms with Gasteiger partial charge in [0.2, 0.25) is 0 Å². The Hall–Kier alpha value is -1.04. The zero-order chi connectivity index (χ0) is 9.90. The van der Waals surface area contributed by atoms with Crippen LogP contribution in [-0.2, 0) is 0 Å². The molecule has 0 amide bonds. The van der Waals surface area contributed by atoms with E-state index < -0.39 is 11.9 Å². The van der Waals surface area contributed by atoms with Crippen molar-refractivity contribution in [3.8, 4) is 0 Å². The molecule has 0 saturated carbocycles. The van der Waals surface area contributed by atoms with Crippen LogP contribution >= 0.6 is 0 Å². The summed E-state index contributed by atoms with van der Waals surface area (Å²) in [6.45, 7) is 1.51. The number of allylic oxidation sites excluding steroid dienone is 1. The van der Waals surface area contributed by atoms with Crippen molar-refractivity contribution >= 4 is 5.71 Å². The highest BCUT2D eigenvalue weighted by molar-refractivity contribution is 5.96. The molecule has 0 spiro atoms. The zero-order valence-electron chi connectivity index (χ0n) is 6.78. The van der Waals surface area contributed by atoms with Crippen molar-refractivity contribution in [3.63, 3.8) is 0 Å². The van der Waals surface area contributed by atoms with Crippen molar-refractivity contribution < 1.29 is 13.2 Å². The molecule has 0 aromatic carbocycles. The van der Waals surface area contributed by atoms with E-state index in [0.717, 1.165) is 19.2 Å². The summed E-state index contributed by atoms with van der Waals surface area (Å²) in [6.07, 6.45) is -2.66. The fourth-order valence-electron chi connectivity index (χ4n) is 0.769. The standard InChI is InChI=1S/C7H10F3N3/c8-7(9,10)6(11)1-2-13-5-3-12-4-5/h1-2,5,11-13H,3-4H2/b2-1-,11-6?. The largest absolute Gasteiger partial charge is 0.432 e. The second-order valence-corrected chi connectivity index (χ2v) is 2.77. The van der Waals surface area contributed by atoms with Gasteiger partial charge in [0.1, 0.15) is 5.71 Å². The van der Waals surface area contributed by atoms with Gasteiger partial charge in [-0.3, -0.25) is 5.41 Å². The molecule has 3 N–H and O–H groups in total. The Balaban J connectivity index is 2.26. The first kappa shape index (κ1) is 10.0. The minimum atomic E-state index is -4.55. The lowest BCUT2D eigenvalue weighted by Gasteiger charge is -2.27. The topological polar surface area (TPSA) is 47.9 Å². The lowest BCUT2D eigenvalue weighted by Crippen LogP contribution is -2.53. The number of hydrogen-bond donors (Lipinski definition) is 3. The molecule has 1 heterocycles. The first-order valence-electron chi connectivity index (χ1n) is 3.79. The first-order valence-corrected chi connectivity index (χ1v) is 3.79. The lowest BCUT2D eigenvalue weighted by atomic mass is 10.2. The van der Waals surface area contributed by atoms with Crippen molar-refractivity contribution in [3.05, 3.63) is 12.3 Å². The van der Waals surface area contributed by atoms with Crippen LogP contribution in [0.1, 0.15) is 0 Å². The van der Waals surface area contributed by atoms with Crippen molar-refractivity contribution in [1.29, 1.82) is 5.41 Å². The summed E-state index contributed by atoms with van der Waals surface area (Å²) >= 11 is 0. The SMILES string of the molecule is N=C(/C=C\NC1CNC1)C(F)(F)F. The van der Waals surface area contributed by atoms with Gasteiger partial charge in [-0.05, 0) is 12.3 Å². The highest BCUT2D eigenvalue weighted by atomic mass is 19.4. The number of alkyl halides is 3. The van der Waals surface area contributed by atoms with Gasteiger partial charge in [0.15, 0.2) is 0 Å². The van der Waals surface area contributed by atoms with Crippen LogP contribution in [0.5, 0.6) is 0 Å². The molecule has 1 rings (SSSR count). The van der Waals surface area contributed by atoms with Gasteiger partial charge in [-0.15, -0.1) is 0 Å². The molecule has 1 aliphatic heterocycles. The Labute approximate surface area is 73.5 Å². The van der Waals surface area contributed by atoms with E-state index in [2.05, 4.69) is 10.6 Å². The highest BCUT2D eigenvalue weighted by Crippen LogP contribution is 2.16. The van der Waals surface area contributed by atoms with Crippen LogP contribution in [0, 0.1) is 5.41 Å². The Morgan fingerprint density at radius 3 is 2.46 bits per heavy atom. The third kappa shape index (κ3) is 3.06. The van der Waals surface area contributed by atoms with Gasteiger partial charge in [0, 0.05) is 13.1 Å². The van der Waals surface area contributed by atoms with Gasteiger partial charge in [0.25, 0.3) is 0 Å². The molecular formula is C7H10F3N3. The maximum atomic E-state index is 11.8. The van der Waals surface area contributed by atoms with Crippen LogP contribution < -0.4 is 10.6 Å². The van der Waals surface area contributed by atoms with Crippen LogP contribution in [-0.4, -0.2) is 31.0 Å². The van der Waals surface area contributed by atoms with Gasteiger partial charge in [-0.1, -0.05) is 0 Å². The zero-order valence-corrected chi connectivity index (χ0v) is 6.78. The quantitative estimate of drug-likeness (QED) is 0.576. The summed E-state index contributed by atoms with van der Waals surface area (Å²) in [5, 5.41) is 12.3. The molecule has 0 aromatic heterocycles. The monoisotopic (exact) mass is 193 g/mol. The summed E-state index contributed by atoms with van der Waals surface area (Å²) in [7, 11) is 0.